The molecule has 10 heteroatoms. The Morgan fingerprint density at radius 1 is 1.14 bits per heavy atom. The average molecular weight is 409 g/mol. The number of hydrogen-bond donors (Lipinski definition) is 3. The Hall–Kier alpha value is -3.30. The zero-order valence-corrected chi connectivity index (χ0v) is 16.9. The van der Waals surface area contributed by atoms with Gasteiger partial charge >= 0.3 is 24.1 Å². The van der Waals surface area contributed by atoms with Gasteiger partial charge in [0.25, 0.3) is 0 Å². The number of aliphatic carboxylic acids is 1. The molecular weight excluding hydrogens is 382 g/mol. The number of carboxylic acids is 1. The minimum absolute atomic E-state index is 0.0379. The van der Waals surface area contributed by atoms with E-state index in [9.17, 15) is 19.2 Å². The molecule has 1 aromatic carbocycles. The van der Waals surface area contributed by atoms with Crippen LogP contribution in [0.4, 0.5) is 9.59 Å². The highest BCUT2D eigenvalue weighted by molar-refractivity contribution is 5.86. The van der Waals surface area contributed by atoms with Crippen LogP contribution in [0.2, 0.25) is 0 Å². The molecule has 3 amide bonds. The topological polar surface area (TPSA) is 134 Å². The highest BCUT2D eigenvalue weighted by atomic mass is 16.6. The van der Waals surface area contributed by atoms with Crippen LogP contribution in [0, 0.1) is 0 Å². The first kappa shape index (κ1) is 23.7. The summed E-state index contributed by atoms with van der Waals surface area (Å²) in [4.78, 5) is 48.4. The Morgan fingerprint density at radius 3 is 2.28 bits per heavy atom. The lowest BCUT2D eigenvalue weighted by Crippen LogP contribution is -2.48. The van der Waals surface area contributed by atoms with Crippen molar-refractivity contribution in [2.45, 2.75) is 32.4 Å². The lowest BCUT2D eigenvalue weighted by Gasteiger charge is -2.25. The van der Waals surface area contributed by atoms with Crippen LogP contribution in [0.15, 0.2) is 30.3 Å². The van der Waals surface area contributed by atoms with E-state index in [1.165, 1.54) is 7.11 Å². The van der Waals surface area contributed by atoms with Crippen molar-refractivity contribution in [3.8, 4) is 0 Å². The molecule has 160 valence electrons. The number of hydrogen-bond acceptors (Lipinski definition) is 6. The van der Waals surface area contributed by atoms with Gasteiger partial charge in [0.05, 0.1) is 7.11 Å². The van der Waals surface area contributed by atoms with E-state index < -0.39 is 42.3 Å². The van der Waals surface area contributed by atoms with E-state index in [1.54, 1.807) is 51.1 Å². The minimum Gasteiger partial charge on any atom is -0.480 e. The monoisotopic (exact) mass is 409 g/mol. The number of esters is 1. The van der Waals surface area contributed by atoms with E-state index in [4.69, 9.17) is 14.6 Å². The molecule has 0 bridgehead atoms. The minimum atomic E-state index is -1.24. The van der Waals surface area contributed by atoms with E-state index in [0.717, 1.165) is 4.90 Å². The van der Waals surface area contributed by atoms with Crippen LogP contribution in [-0.4, -0.2) is 66.4 Å². The molecule has 29 heavy (non-hydrogen) atoms. The standard InChI is InChI=1S/C19H27N3O7/c1-19(2,3)29-18(27)20-10-11-22(12-14(23)24)17(26)21-15(16(25)28-4)13-8-6-5-7-9-13/h5-9,15H,10-12H2,1-4H3,(H,20,27)(H,21,26)(H,23,24). The number of carbonyl (C=O) groups excluding carboxylic acids is 3. The first-order valence-corrected chi connectivity index (χ1v) is 8.90. The van der Waals surface area contributed by atoms with E-state index >= 15 is 0 Å². The van der Waals surface area contributed by atoms with Crippen LogP contribution in [0.5, 0.6) is 0 Å². The molecule has 1 atom stereocenters. The largest absolute Gasteiger partial charge is 0.480 e. The number of rotatable bonds is 8. The number of urea groups is 1. The number of benzene rings is 1. The van der Waals surface area contributed by atoms with Crippen molar-refractivity contribution in [3.63, 3.8) is 0 Å². The number of carbonyl (C=O) groups is 4. The summed E-state index contributed by atoms with van der Waals surface area (Å²) in [6.07, 6.45) is -0.690. The van der Waals surface area contributed by atoms with E-state index in [0.29, 0.717) is 5.56 Å². The van der Waals surface area contributed by atoms with Gasteiger partial charge in [-0.05, 0) is 26.3 Å². The molecule has 1 unspecified atom stereocenters. The molecule has 0 aliphatic heterocycles. The summed E-state index contributed by atoms with van der Waals surface area (Å²) in [6.45, 7) is 4.34. The highest BCUT2D eigenvalue weighted by Crippen LogP contribution is 2.14. The number of amides is 3. The van der Waals surface area contributed by atoms with Crippen molar-refractivity contribution >= 4 is 24.1 Å². The van der Waals surface area contributed by atoms with E-state index in [1.807, 2.05) is 0 Å². The van der Waals surface area contributed by atoms with Crippen molar-refractivity contribution in [1.82, 2.24) is 15.5 Å². The molecule has 0 aromatic heterocycles. The van der Waals surface area contributed by atoms with Gasteiger partial charge in [-0.1, -0.05) is 30.3 Å². The SMILES string of the molecule is COC(=O)C(NC(=O)N(CCNC(=O)OC(C)(C)C)CC(=O)O)c1ccccc1. The van der Waals surface area contributed by atoms with Crippen LogP contribution in [-0.2, 0) is 19.1 Å². The Bertz CT molecular complexity index is 716. The van der Waals surface area contributed by atoms with Gasteiger partial charge in [-0.3, -0.25) is 4.79 Å². The summed E-state index contributed by atoms with van der Waals surface area (Å²) < 4.78 is 9.81. The van der Waals surface area contributed by atoms with Gasteiger partial charge in [0.15, 0.2) is 6.04 Å². The first-order chi connectivity index (χ1) is 13.5. The maximum Gasteiger partial charge on any atom is 0.407 e. The number of alkyl carbamates (subject to hydrolysis) is 1. The number of carboxylic acid groups (broad SMARTS) is 1. The second kappa shape index (κ2) is 10.9. The number of ether oxygens (including phenoxy) is 2. The lowest BCUT2D eigenvalue weighted by molar-refractivity contribution is -0.143. The molecule has 0 saturated heterocycles. The van der Waals surface area contributed by atoms with Crippen LogP contribution in [0.1, 0.15) is 32.4 Å². The Kier molecular flexibility index (Phi) is 8.91. The Labute approximate surface area is 169 Å². The maximum absolute atomic E-state index is 12.6. The molecule has 0 heterocycles. The molecule has 1 rings (SSSR count). The summed E-state index contributed by atoms with van der Waals surface area (Å²) in [5.41, 5.74) is -0.208. The maximum atomic E-state index is 12.6. The Morgan fingerprint density at radius 2 is 1.76 bits per heavy atom. The third-order valence-corrected chi connectivity index (χ3v) is 3.50. The number of nitrogens with one attached hydrogen (secondary N) is 2. The molecule has 0 aliphatic carbocycles. The van der Waals surface area contributed by atoms with E-state index in [-0.39, 0.29) is 13.1 Å². The van der Waals surface area contributed by atoms with Crippen LogP contribution < -0.4 is 10.6 Å². The van der Waals surface area contributed by atoms with Gasteiger partial charge < -0.3 is 30.1 Å². The third kappa shape index (κ3) is 8.96. The zero-order valence-electron chi connectivity index (χ0n) is 16.9. The fourth-order valence-electron chi connectivity index (χ4n) is 2.28. The molecular formula is C19H27N3O7. The smallest absolute Gasteiger partial charge is 0.407 e. The molecule has 10 nitrogen and oxygen atoms in total. The first-order valence-electron chi connectivity index (χ1n) is 8.90. The summed E-state index contributed by atoms with van der Waals surface area (Å²) >= 11 is 0. The normalized spacial score (nSPS) is 11.7. The molecule has 0 spiro atoms. The summed E-state index contributed by atoms with van der Waals surface area (Å²) in [5, 5.41) is 14.0. The third-order valence-electron chi connectivity index (χ3n) is 3.50. The van der Waals surface area contributed by atoms with Crippen molar-refractivity contribution in [2.75, 3.05) is 26.7 Å². The van der Waals surface area contributed by atoms with Gasteiger partial charge in [-0.25, -0.2) is 14.4 Å². The molecule has 0 fully saturated rings. The fourth-order valence-corrected chi connectivity index (χ4v) is 2.28. The highest BCUT2D eigenvalue weighted by Gasteiger charge is 2.27. The van der Waals surface area contributed by atoms with Crippen molar-refractivity contribution < 1.29 is 33.8 Å². The lowest BCUT2D eigenvalue weighted by atomic mass is 10.1. The molecule has 0 aliphatic rings. The second-order valence-electron chi connectivity index (χ2n) is 7.06. The second-order valence-corrected chi connectivity index (χ2v) is 7.06. The average Bonchev–Trinajstić information content (AvgIpc) is 2.63. The number of methoxy groups -OCH3 is 1. The van der Waals surface area contributed by atoms with Crippen molar-refractivity contribution in [3.05, 3.63) is 35.9 Å². The van der Waals surface area contributed by atoms with Gasteiger partial charge in [-0.2, -0.15) is 0 Å². The summed E-state index contributed by atoms with van der Waals surface area (Å²) in [7, 11) is 1.18. The summed E-state index contributed by atoms with van der Waals surface area (Å²) in [5.74, 6) is -1.95. The van der Waals surface area contributed by atoms with Gasteiger partial charge in [0.2, 0.25) is 0 Å². The molecule has 3 N–H and O–H groups in total. The summed E-state index contributed by atoms with van der Waals surface area (Å²) in [6, 6.07) is 6.50. The predicted molar refractivity (Wildman–Crippen MR) is 103 cm³/mol. The van der Waals surface area contributed by atoms with Crippen LogP contribution in [0.3, 0.4) is 0 Å². The quantitative estimate of drug-likeness (QED) is 0.554. The fraction of sp³-hybridized carbons (Fsp3) is 0.474. The van der Waals surface area contributed by atoms with Crippen molar-refractivity contribution in [1.29, 1.82) is 0 Å². The van der Waals surface area contributed by atoms with E-state index in [2.05, 4.69) is 10.6 Å². The van der Waals surface area contributed by atoms with Crippen LogP contribution in [0.25, 0.3) is 0 Å². The van der Waals surface area contributed by atoms with Gasteiger partial charge in [0.1, 0.15) is 12.1 Å². The zero-order chi connectivity index (χ0) is 22.0. The van der Waals surface area contributed by atoms with Crippen molar-refractivity contribution in [2.24, 2.45) is 0 Å². The molecule has 0 radical (unpaired) electrons. The van der Waals surface area contributed by atoms with Crippen LogP contribution >= 0.6 is 0 Å². The number of nitrogens with zero attached hydrogens (tertiary/aromatic N) is 1. The van der Waals surface area contributed by atoms with Gasteiger partial charge in [0, 0.05) is 13.1 Å². The van der Waals surface area contributed by atoms with Gasteiger partial charge in [-0.15, -0.1) is 0 Å². The molecule has 1 aromatic rings. The predicted octanol–water partition coefficient (Wildman–Crippen LogP) is 1.52. The Balaban J connectivity index is 2.80. The molecule has 0 saturated carbocycles.